The van der Waals surface area contributed by atoms with Gasteiger partial charge < -0.3 is 15.5 Å². The SMILES string of the molecule is CN(C)CCNC(=O)NCc1ccccc1F. The lowest BCUT2D eigenvalue weighted by atomic mass is 10.2. The minimum absolute atomic E-state index is 0.195. The molecule has 5 heteroatoms. The lowest BCUT2D eigenvalue weighted by Gasteiger charge is -2.11. The third-order valence-corrected chi connectivity index (χ3v) is 2.24. The lowest BCUT2D eigenvalue weighted by molar-refractivity contribution is 0.239. The quantitative estimate of drug-likeness (QED) is 0.810. The number of carbonyl (C=O) groups excluding carboxylic acids is 1. The third-order valence-electron chi connectivity index (χ3n) is 2.24. The Labute approximate surface area is 101 Å². The van der Waals surface area contributed by atoms with E-state index in [0.717, 1.165) is 6.54 Å². The first-order valence-corrected chi connectivity index (χ1v) is 5.49. The molecule has 0 radical (unpaired) electrons. The fourth-order valence-corrected chi connectivity index (χ4v) is 1.27. The number of nitrogens with one attached hydrogen (secondary N) is 2. The average molecular weight is 239 g/mol. The second-order valence-corrected chi connectivity index (χ2v) is 4.00. The first-order chi connectivity index (χ1) is 8.09. The Balaban J connectivity index is 2.26. The number of carbonyl (C=O) groups is 1. The molecule has 1 rings (SSSR count). The monoisotopic (exact) mass is 239 g/mol. The molecule has 0 spiro atoms. The van der Waals surface area contributed by atoms with Crippen LogP contribution in [0.3, 0.4) is 0 Å². The van der Waals surface area contributed by atoms with Crippen molar-refractivity contribution in [1.29, 1.82) is 0 Å². The first kappa shape index (κ1) is 13.4. The van der Waals surface area contributed by atoms with Crippen molar-refractivity contribution in [3.8, 4) is 0 Å². The molecule has 2 N–H and O–H groups in total. The highest BCUT2D eigenvalue weighted by molar-refractivity contribution is 5.73. The number of benzene rings is 1. The number of halogens is 1. The first-order valence-electron chi connectivity index (χ1n) is 5.49. The van der Waals surface area contributed by atoms with Crippen LogP contribution in [0.2, 0.25) is 0 Å². The van der Waals surface area contributed by atoms with Gasteiger partial charge in [-0.25, -0.2) is 9.18 Å². The topological polar surface area (TPSA) is 44.4 Å². The van der Waals surface area contributed by atoms with E-state index in [9.17, 15) is 9.18 Å². The molecule has 0 aliphatic rings. The van der Waals surface area contributed by atoms with Gasteiger partial charge in [0.15, 0.2) is 0 Å². The van der Waals surface area contributed by atoms with Crippen molar-refractivity contribution in [2.45, 2.75) is 6.54 Å². The van der Waals surface area contributed by atoms with Crippen LogP contribution in [0.25, 0.3) is 0 Å². The van der Waals surface area contributed by atoms with Gasteiger partial charge in [-0.3, -0.25) is 0 Å². The molecule has 0 saturated carbocycles. The van der Waals surface area contributed by atoms with Gasteiger partial charge in [-0.2, -0.15) is 0 Å². The molecule has 0 fully saturated rings. The maximum absolute atomic E-state index is 13.2. The Kier molecular flexibility index (Phi) is 5.42. The Bertz CT molecular complexity index is 369. The minimum atomic E-state index is -0.305. The van der Waals surface area contributed by atoms with Crippen LogP contribution in [-0.2, 0) is 6.54 Å². The van der Waals surface area contributed by atoms with E-state index in [0.29, 0.717) is 12.1 Å². The van der Waals surface area contributed by atoms with Crippen molar-refractivity contribution in [2.75, 3.05) is 27.2 Å². The van der Waals surface area contributed by atoms with E-state index >= 15 is 0 Å². The van der Waals surface area contributed by atoms with Crippen LogP contribution in [0.4, 0.5) is 9.18 Å². The van der Waals surface area contributed by atoms with E-state index < -0.39 is 0 Å². The van der Waals surface area contributed by atoms with E-state index in [1.807, 2.05) is 19.0 Å². The molecule has 0 bridgehead atoms. The number of urea groups is 1. The fourth-order valence-electron chi connectivity index (χ4n) is 1.27. The second-order valence-electron chi connectivity index (χ2n) is 4.00. The summed E-state index contributed by atoms with van der Waals surface area (Å²) in [6.45, 7) is 1.53. The van der Waals surface area contributed by atoms with Gasteiger partial charge in [0.1, 0.15) is 5.82 Å². The zero-order valence-corrected chi connectivity index (χ0v) is 10.2. The molecule has 2 amide bonds. The summed E-state index contributed by atoms with van der Waals surface area (Å²) in [5.41, 5.74) is 0.482. The molecular formula is C12H18FN3O. The standard InChI is InChI=1S/C12H18FN3O/c1-16(2)8-7-14-12(17)15-9-10-5-3-4-6-11(10)13/h3-6H,7-9H2,1-2H3,(H2,14,15,17). The lowest BCUT2D eigenvalue weighted by Crippen LogP contribution is -2.38. The zero-order valence-electron chi connectivity index (χ0n) is 10.2. The second kappa shape index (κ2) is 6.85. The highest BCUT2D eigenvalue weighted by Crippen LogP contribution is 2.04. The summed E-state index contributed by atoms with van der Waals surface area (Å²) < 4.78 is 13.2. The normalized spacial score (nSPS) is 10.4. The Hall–Kier alpha value is -1.62. The van der Waals surface area contributed by atoms with Crippen LogP contribution in [0.15, 0.2) is 24.3 Å². The molecule has 0 heterocycles. The van der Waals surface area contributed by atoms with E-state index in [4.69, 9.17) is 0 Å². The molecule has 17 heavy (non-hydrogen) atoms. The largest absolute Gasteiger partial charge is 0.337 e. The zero-order chi connectivity index (χ0) is 12.7. The Morgan fingerprint density at radius 2 is 2.00 bits per heavy atom. The number of likely N-dealkylation sites (N-methyl/N-ethyl adjacent to an activating group) is 1. The number of amides is 2. The molecule has 1 aromatic rings. The van der Waals surface area contributed by atoms with Gasteiger partial charge in [-0.15, -0.1) is 0 Å². The summed E-state index contributed by atoms with van der Waals surface area (Å²) in [5, 5.41) is 5.29. The van der Waals surface area contributed by atoms with Crippen molar-refractivity contribution < 1.29 is 9.18 Å². The van der Waals surface area contributed by atoms with Gasteiger partial charge in [-0.05, 0) is 20.2 Å². The van der Waals surface area contributed by atoms with E-state index in [1.54, 1.807) is 18.2 Å². The van der Waals surface area contributed by atoms with Crippen LogP contribution >= 0.6 is 0 Å². The summed E-state index contributed by atoms with van der Waals surface area (Å²) in [6.07, 6.45) is 0. The van der Waals surface area contributed by atoms with E-state index in [1.165, 1.54) is 6.07 Å². The van der Waals surface area contributed by atoms with Crippen LogP contribution in [0.5, 0.6) is 0 Å². The van der Waals surface area contributed by atoms with Crippen LogP contribution < -0.4 is 10.6 Å². The molecule has 0 aromatic heterocycles. The summed E-state index contributed by atoms with van der Waals surface area (Å²) in [6, 6.07) is 6.10. The van der Waals surface area contributed by atoms with Gasteiger partial charge in [0.05, 0.1) is 0 Å². The molecule has 0 atom stereocenters. The van der Waals surface area contributed by atoms with Crippen LogP contribution in [0, 0.1) is 5.82 Å². The summed E-state index contributed by atoms with van der Waals surface area (Å²) >= 11 is 0. The van der Waals surface area contributed by atoms with Gasteiger partial charge in [0.25, 0.3) is 0 Å². The van der Waals surface area contributed by atoms with Gasteiger partial charge in [-0.1, -0.05) is 18.2 Å². The maximum Gasteiger partial charge on any atom is 0.315 e. The van der Waals surface area contributed by atoms with Gasteiger partial charge >= 0.3 is 6.03 Å². The highest BCUT2D eigenvalue weighted by atomic mass is 19.1. The molecule has 0 saturated heterocycles. The smallest absolute Gasteiger partial charge is 0.315 e. The molecule has 0 aliphatic carbocycles. The molecule has 0 aliphatic heterocycles. The maximum atomic E-state index is 13.2. The summed E-state index contributed by atoms with van der Waals surface area (Å²) in [7, 11) is 3.86. The molecule has 4 nitrogen and oxygen atoms in total. The number of hydrogen-bond acceptors (Lipinski definition) is 2. The van der Waals surface area contributed by atoms with Gasteiger partial charge in [0.2, 0.25) is 0 Å². The van der Waals surface area contributed by atoms with Gasteiger partial charge in [0, 0.05) is 25.2 Å². The van der Waals surface area contributed by atoms with Crippen molar-refractivity contribution in [3.05, 3.63) is 35.6 Å². The molecule has 0 unspecified atom stereocenters. The average Bonchev–Trinajstić information content (AvgIpc) is 2.27. The highest BCUT2D eigenvalue weighted by Gasteiger charge is 2.03. The molecule has 1 aromatic carbocycles. The van der Waals surface area contributed by atoms with Crippen molar-refractivity contribution in [1.82, 2.24) is 15.5 Å². The molecular weight excluding hydrogens is 221 g/mol. The fraction of sp³-hybridized carbons (Fsp3) is 0.417. The Morgan fingerprint density at radius 3 is 2.65 bits per heavy atom. The van der Waals surface area contributed by atoms with Crippen molar-refractivity contribution in [3.63, 3.8) is 0 Å². The molecule has 94 valence electrons. The predicted octanol–water partition coefficient (Wildman–Crippen LogP) is 1.19. The third kappa shape index (κ3) is 5.31. The number of nitrogens with zero attached hydrogens (tertiary/aromatic N) is 1. The predicted molar refractivity (Wildman–Crippen MR) is 65.2 cm³/mol. The minimum Gasteiger partial charge on any atom is -0.337 e. The summed E-state index contributed by atoms with van der Waals surface area (Å²) in [5.74, 6) is -0.305. The van der Waals surface area contributed by atoms with Crippen LogP contribution in [0.1, 0.15) is 5.56 Å². The number of hydrogen-bond donors (Lipinski definition) is 2. The summed E-state index contributed by atoms with van der Waals surface area (Å²) in [4.78, 5) is 13.3. The van der Waals surface area contributed by atoms with Crippen molar-refractivity contribution in [2.24, 2.45) is 0 Å². The Morgan fingerprint density at radius 1 is 1.29 bits per heavy atom. The van der Waals surface area contributed by atoms with E-state index in [2.05, 4.69) is 10.6 Å². The van der Waals surface area contributed by atoms with E-state index in [-0.39, 0.29) is 18.4 Å². The van der Waals surface area contributed by atoms with Crippen molar-refractivity contribution >= 4 is 6.03 Å². The van der Waals surface area contributed by atoms with Crippen LogP contribution in [-0.4, -0.2) is 38.1 Å². The number of rotatable bonds is 5.